The summed E-state index contributed by atoms with van der Waals surface area (Å²) in [4.78, 5) is 17.9. The zero-order valence-electron chi connectivity index (χ0n) is 16.6. The maximum atomic E-state index is 11.8. The van der Waals surface area contributed by atoms with Crippen LogP contribution in [0, 0.1) is 11.8 Å². The van der Waals surface area contributed by atoms with E-state index in [-0.39, 0.29) is 36.4 Å². The average Bonchev–Trinajstić information content (AvgIpc) is 3.21. The van der Waals surface area contributed by atoms with Gasteiger partial charge in [-0.1, -0.05) is 19.8 Å². The predicted molar refractivity (Wildman–Crippen MR) is 117 cm³/mol. The van der Waals surface area contributed by atoms with E-state index >= 15 is 0 Å². The summed E-state index contributed by atoms with van der Waals surface area (Å²) in [5.74, 6) is 2.47. The Morgan fingerprint density at radius 3 is 2.58 bits per heavy atom. The molecule has 6 nitrogen and oxygen atoms in total. The van der Waals surface area contributed by atoms with Gasteiger partial charge in [0.05, 0.1) is 0 Å². The number of carbonyl (C=O) groups is 1. The van der Waals surface area contributed by atoms with Crippen molar-refractivity contribution in [2.24, 2.45) is 16.8 Å². The number of aliphatic imine (C=N–C) groups is 1. The molecule has 1 amide bonds. The third-order valence-electron chi connectivity index (χ3n) is 5.33. The first-order chi connectivity index (χ1) is 12.1. The lowest BCUT2D eigenvalue weighted by molar-refractivity contribution is -0.127. The van der Waals surface area contributed by atoms with E-state index in [9.17, 15) is 4.79 Å². The van der Waals surface area contributed by atoms with Gasteiger partial charge >= 0.3 is 0 Å². The van der Waals surface area contributed by atoms with Crippen LogP contribution in [0.25, 0.3) is 0 Å². The zero-order valence-corrected chi connectivity index (χ0v) is 19.0. The van der Waals surface area contributed by atoms with E-state index in [0.717, 1.165) is 50.4 Å². The van der Waals surface area contributed by atoms with Crippen LogP contribution in [0.4, 0.5) is 0 Å². The number of amides is 1. The molecule has 0 aromatic rings. The summed E-state index contributed by atoms with van der Waals surface area (Å²) in [6.45, 7) is 4.79. The van der Waals surface area contributed by atoms with Crippen LogP contribution in [-0.4, -0.2) is 63.2 Å². The van der Waals surface area contributed by atoms with Gasteiger partial charge in [0, 0.05) is 39.9 Å². The molecule has 2 N–H and O–H groups in total. The van der Waals surface area contributed by atoms with Gasteiger partial charge in [0.25, 0.3) is 0 Å². The van der Waals surface area contributed by atoms with Crippen molar-refractivity contribution in [3.05, 3.63) is 0 Å². The second-order valence-corrected chi connectivity index (χ2v) is 7.62. The molecule has 0 heterocycles. The normalized spacial score (nSPS) is 24.3. The smallest absolute Gasteiger partial charge is 0.243 e. The van der Waals surface area contributed by atoms with Crippen molar-refractivity contribution in [1.29, 1.82) is 0 Å². The summed E-state index contributed by atoms with van der Waals surface area (Å²) >= 11 is 0. The molecule has 0 saturated heterocycles. The fraction of sp³-hybridized carbons (Fsp3) is 0.895. The van der Waals surface area contributed by atoms with Gasteiger partial charge in [-0.2, -0.15) is 0 Å². The Labute approximate surface area is 175 Å². The molecule has 2 fully saturated rings. The number of nitrogens with zero attached hydrogens (tertiary/aromatic N) is 2. The molecule has 0 spiro atoms. The van der Waals surface area contributed by atoms with E-state index in [0.29, 0.717) is 6.04 Å². The molecular weight excluding hydrogens is 443 g/mol. The Bertz CT molecular complexity index is 445. The van der Waals surface area contributed by atoms with Crippen molar-refractivity contribution in [2.45, 2.75) is 57.9 Å². The first-order valence-corrected chi connectivity index (χ1v) is 9.93. The van der Waals surface area contributed by atoms with Crippen molar-refractivity contribution < 1.29 is 9.53 Å². The average molecular weight is 480 g/mol. The molecule has 152 valence electrons. The highest BCUT2D eigenvalue weighted by molar-refractivity contribution is 14.0. The van der Waals surface area contributed by atoms with Gasteiger partial charge in [0.2, 0.25) is 5.91 Å². The minimum atomic E-state index is 0. The number of carbonyl (C=O) groups excluding carboxylic acids is 1. The molecule has 2 rings (SSSR count). The number of likely N-dealkylation sites (N-methyl/N-ethyl adjacent to an activating group) is 1. The summed E-state index contributed by atoms with van der Waals surface area (Å²) in [5, 5.41) is 6.96. The van der Waals surface area contributed by atoms with E-state index in [1.54, 1.807) is 19.0 Å². The Morgan fingerprint density at radius 2 is 1.96 bits per heavy atom. The maximum absolute atomic E-state index is 11.8. The van der Waals surface area contributed by atoms with E-state index < -0.39 is 0 Å². The lowest BCUT2D eigenvalue weighted by Gasteiger charge is -2.25. The van der Waals surface area contributed by atoms with Crippen molar-refractivity contribution in [2.75, 3.05) is 40.4 Å². The van der Waals surface area contributed by atoms with Crippen LogP contribution in [0.2, 0.25) is 0 Å². The monoisotopic (exact) mass is 480 g/mol. The molecule has 0 radical (unpaired) electrons. The molecule has 2 bridgehead atoms. The van der Waals surface area contributed by atoms with Crippen molar-refractivity contribution >= 4 is 35.8 Å². The maximum Gasteiger partial charge on any atom is 0.243 e. The Kier molecular flexibility index (Phi) is 11.5. The number of halogens is 1. The molecule has 3 atom stereocenters. The SMILES string of the molecule is CCCCOCCCNC(=NCC(=O)N(C)C)NC1CC2CCC1C2.I. The van der Waals surface area contributed by atoms with Crippen LogP contribution in [0.3, 0.4) is 0 Å². The Morgan fingerprint density at radius 1 is 1.19 bits per heavy atom. The third kappa shape index (κ3) is 7.98. The van der Waals surface area contributed by atoms with Gasteiger partial charge < -0.3 is 20.3 Å². The lowest BCUT2D eigenvalue weighted by atomic mass is 9.95. The number of hydrogen-bond acceptors (Lipinski definition) is 3. The fourth-order valence-corrected chi connectivity index (χ4v) is 3.77. The Hall–Kier alpha value is -0.570. The van der Waals surface area contributed by atoms with Gasteiger partial charge in [-0.05, 0) is 43.9 Å². The third-order valence-corrected chi connectivity index (χ3v) is 5.33. The summed E-state index contributed by atoms with van der Waals surface area (Å²) in [7, 11) is 3.53. The van der Waals surface area contributed by atoms with Crippen LogP contribution in [0.5, 0.6) is 0 Å². The Balaban J connectivity index is 0.00000338. The van der Waals surface area contributed by atoms with Gasteiger partial charge in [-0.25, -0.2) is 4.99 Å². The van der Waals surface area contributed by atoms with E-state index in [1.807, 2.05) is 0 Å². The zero-order chi connectivity index (χ0) is 18.1. The molecule has 3 unspecified atom stereocenters. The lowest BCUT2D eigenvalue weighted by Crippen LogP contribution is -2.46. The number of unbranched alkanes of at least 4 members (excludes halogenated alkanes) is 1. The number of ether oxygens (including phenoxy) is 1. The van der Waals surface area contributed by atoms with Crippen LogP contribution in [-0.2, 0) is 9.53 Å². The van der Waals surface area contributed by atoms with Crippen LogP contribution < -0.4 is 10.6 Å². The second-order valence-electron chi connectivity index (χ2n) is 7.62. The number of fused-ring (bicyclic) bond motifs is 2. The number of hydrogen-bond donors (Lipinski definition) is 2. The second kappa shape index (κ2) is 12.8. The highest BCUT2D eigenvalue weighted by Gasteiger charge is 2.39. The molecular formula is C19H37IN4O2. The first kappa shape index (κ1) is 23.5. The fourth-order valence-electron chi connectivity index (χ4n) is 3.77. The molecule has 26 heavy (non-hydrogen) atoms. The minimum Gasteiger partial charge on any atom is -0.381 e. The van der Waals surface area contributed by atoms with Crippen molar-refractivity contribution in [1.82, 2.24) is 15.5 Å². The van der Waals surface area contributed by atoms with E-state index in [2.05, 4.69) is 22.5 Å². The van der Waals surface area contributed by atoms with Crippen LogP contribution in [0.15, 0.2) is 4.99 Å². The van der Waals surface area contributed by atoms with Gasteiger partial charge in [0.15, 0.2) is 5.96 Å². The van der Waals surface area contributed by atoms with Crippen LogP contribution in [0.1, 0.15) is 51.9 Å². The van der Waals surface area contributed by atoms with Crippen molar-refractivity contribution in [3.8, 4) is 0 Å². The number of nitrogens with one attached hydrogen (secondary N) is 2. The molecule has 2 saturated carbocycles. The van der Waals surface area contributed by atoms with Gasteiger partial charge in [-0.3, -0.25) is 4.79 Å². The van der Waals surface area contributed by atoms with E-state index in [1.165, 1.54) is 32.1 Å². The molecule has 7 heteroatoms. The number of guanidine groups is 1. The topological polar surface area (TPSA) is 66.0 Å². The standard InChI is InChI=1S/C19H36N4O2.HI/c1-4-5-10-25-11-6-9-20-19(21-14-18(24)23(2)3)22-17-13-15-7-8-16(17)12-15;/h15-17H,4-14H2,1-3H3,(H2,20,21,22);1H. The largest absolute Gasteiger partial charge is 0.381 e. The summed E-state index contributed by atoms with van der Waals surface area (Å²) < 4.78 is 5.60. The highest BCUT2D eigenvalue weighted by Crippen LogP contribution is 2.44. The molecule has 2 aliphatic carbocycles. The van der Waals surface area contributed by atoms with Gasteiger partial charge in [-0.15, -0.1) is 24.0 Å². The molecule has 0 aliphatic heterocycles. The number of rotatable bonds is 10. The van der Waals surface area contributed by atoms with Gasteiger partial charge in [0.1, 0.15) is 6.54 Å². The molecule has 0 aromatic carbocycles. The van der Waals surface area contributed by atoms with Crippen LogP contribution >= 0.6 is 24.0 Å². The van der Waals surface area contributed by atoms with E-state index in [4.69, 9.17) is 4.74 Å². The molecule has 0 aromatic heterocycles. The first-order valence-electron chi connectivity index (χ1n) is 9.93. The minimum absolute atomic E-state index is 0. The molecule has 2 aliphatic rings. The highest BCUT2D eigenvalue weighted by atomic mass is 127. The summed E-state index contributed by atoms with van der Waals surface area (Å²) in [6, 6.07) is 0.514. The quantitative estimate of drug-likeness (QED) is 0.218. The predicted octanol–water partition coefficient (Wildman–Crippen LogP) is 2.62. The van der Waals surface area contributed by atoms with Crippen molar-refractivity contribution in [3.63, 3.8) is 0 Å². The summed E-state index contributed by atoms with van der Waals surface area (Å²) in [6.07, 6.45) is 8.55. The summed E-state index contributed by atoms with van der Waals surface area (Å²) in [5.41, 5.74) is 0.